The van der Waals surface area contributed by atoms with Crippen LogP contribution >= 0.6 is 23.2 Å². The van der Waals surface area contributed by atoms with Crippen LogP contribution in [0.2, 0.25) is 0 Å². The zero-order chi connectivity index (χ0) is 22.1. The summed E-state index contributed by atoms with van der Waals surface area (Å²) in [5.41, 5.74) is -1.10. The lowest BCUT2D eigenvalue weighted by molar-refractivity contribution is -0.226. The summed E-state index contributed by atoms with van der Waals surface area (Å²) in [6, 6.07) is 11.1. The topological polar surface area (TPSA) is 48.4 Å². The molecule has 4 nitrogen and oxygen atoms in total. The van der Waals surface area contributed by atoms with E-state index in [1.807, 2.05) is 0 Å². The van der Waals surface area contributed by atoms with Crippen LogP contribution in [0.25, 0.3) is 0 Å². The lowest BCUT2D eigenvalue weighted by Gasteiger charge is -2.21. The summed E-state index contributed by atoms with van der Waals surface area (Å²) in [5.74, 6) is -1.61. The van der Waals surface area contributed by atoms with Gasteiger partial charge in [0.1, 0.15) is 16.0 Å². The van der Waals surface area contributed by atoms with Gasteiger partial charge in [0, 0.05) is 12.3 Å². The van der Waals surface area contributed by atoms with Gasteiger partial charge in [0.05, 0.1) is 11.6 Å². The van der Waals surface area contributed by atoms with E-state index in [0.29, 0.717) is 5.75 Å². The summed E-state index contributed by atoms with van der Waals surface area (Å²) in [6.07, 6.45) is -4.79. The van der Waals surface area contributed by atoms with Crippen LogP contribution in [0.5, 0.6) is 11.5 Å². The number of halogens is 5. The Kier molecular flexibility index (Phi) is 6.34. The number of ether oxygens (including phenoxy) is 2. The van der Waals surface area contributed by atoms with Crippen molar-refractivity contribution in [2.75, 3.05) is 0 Å². The number of alkyl halides is 3. The molecule has 0 spiro atoms. The summed E-state index contributed by atoms with van der Waals surface area (Å²) in [7, 11) is 0. The fraction of sp³-hybridized carbons (Fsp3) is 0.333. The number of allylic oxidation sites excluding steroid dienone is 1. The van der Waals surface area contributed by atoms with Crippen molar-refractivity contribution in [3.05, 3.63) is 64.9 Å². The highest BCUT2D eigenvalue weighted by Crippen LogP contribution is 2.60. The van der Waals surface area contributed by atoms with E-state index in [1.54, 1.807) is 44.2 Å². The molecule has 0 N–H and O–H groups in total. The second-order valence-electron chi connectivity index (χ2n) is 7.47. The molecule has 2 aromatic rings. The van der Waals surface area contributed by atoms with Crippen molar-refractivity contribution in [2.45, 2.75) is 26.1 Å². The number of pyridine rings is 1. The number of rotatable bonds is 6. The van der Waals surface area contributed by atoms with Gasteiger partial charge in [-0.25, -0.2) is 0 Å². The SMILES string of the molecule is CC1(C)C(C=C(Cl)Cl)C1C(=O)OC(c1cc(Oc2ccccc2)ccn1)C(F)(F)F. The van der Waals surface area contributed by atoms with Crippen molar-refractivity contribution in [1.82, 2.24) is 4.98 Å². The molecule has 3 atom stereocenters. The summed E-state index contributed by atoms with van der Waals surface area (Å²) in [6.45, 7) is 3.46. The summed E-state index contributed by atoms with van der Waals surface area (Å²) >= 11 is 11.3. The Bertz CT molecular complexity index is 944. The van der Waals surface area contributed by atoms with E-state index in [9.17, 15) is 18.0 Å². The monoisotopic (exact) mass is 459 g/mol. The Morgan fingerprint density at radius 2 is 1.83 bits per heavy atom. The molecule has 0 saturated heterocycles. The first-order chi connectivity index (χ1) is 14.0. The quantitative estimate of drug-likeness (QED) is 0.455. The van der Waals surface area contributed by atoms with Crippen molar-refractivity contribution in [3.8, 4) is 11.5 Å². The number of carbonyl (C=O) groups is 1. The highest BCUT2D eigenvalue weighted by molar-refractivity contribution is 6.55. The van der Waals surface area contributed by atoms with Crippen LogP contribution in [-0.2, 0) is 9.53 Å². The molecular formula is C21H18Cl2F3NO3. The Morgan fingerprint density at radius 1 is 1.17 bits per heavy atom. The number of esters is 1. The standard InChI is InChI=1S/C21H18Cl2F3NO3/c1-20(2)14(11-16(22)23)17(20)19(28)30-18(21(24,25)26)15-10-13(8-9-27-15)29-12-6-4-3-5-7-12/h3-11,14,17-18H,1-2H3. The van der Waals surface area contributed by atoms with E-state index in [0.717, 1.165) is 6.07 Å². The zero-order valence-corrected chi connectivity index (χ0v) is 17.5. The molecule has 3 rings (SSSR count). The molecule has 30 heavy (non-hydrogen) atoms. The van der Waals surface area contributed by atoms with Gasteiger partial charge in [0.2, 0.25) is 6.10 Å². The van der Waals surface area contributed by atoms with E-state index in [4.69, 9.17) is 32.7 Å². The molecule has 3 unspecified atom stereocenters. The van der Waals surface area contributed by atoms with Crippen molar-refractivity contribution < 1.29 is 27.4 Å². The minimum Gasteiger partial charge on any atom is -0.457 e. The van der Waals surface area contributed by atoms with Gasteiger partial charge in [-0.3, -0.25) is 9.78 Å². The van der Waals surface area contributed by atoms with Crippen molar-refractivity contribution in [3.63, 3.8) is 0 Å². The molecule has 1 aliphatic rings. The second kappa shape index (κ2) is 8.47. The Morgan fingerprint density at radius 3 is 2.43 bits per heavy atom. The van der Waals surface area contributed by atoms with E-state index in [2.05, 4.69) is 4.98 Å². The van der Waals surface area contributed by atoms with Gasteiger partial charge < -0.3 is 9.47 Å². The predicted octanol–water partition coefficient (Wildman–Crippen LogP) is 6.61. The van der Waals surface area contributed by atoms with E-state index >= 15 is 0 Å². The molecule has 1 fully saturated rings. The number of hydrogen-bond donors (Lipinski definition) is 0. The average molecular weight is 460 g/mol. The molecule has 1 aromatic heterocycles. The number of hydrogen-bond acceptors (Lipinski definition) is 4. The summed E-state index contributed by atoms with van der Waals surface area (Å²) in [4.78, 5) is 16.3. The number of nitrogens with zero attached hydrogens (tertiary/aromatic N) is 1. The van der Waals surface area contributed by atoms with Gasteiger partial charge in [-0.1, -0.05) is 55.2 Å². The molecule has 0 bridgehead atoms. The molecule has 0 amide bonds. The number of benzene rings is 1. The lowest BCUT2D eigenvalue weighted by atomic mass is 10.1. The van der Waals surface area contributed by atoms with Gasteiger partial charge in [0.25, 0.3) is 0 Å². The Balaban J connectivity index is 1.81. The Hall–Kier alpha value is -2.25. The molecule has 9 heteroatoms. The van der Waals surface area contributed by atoms with Gasteiger partial charge >= 0.3 is 12.1 Å². The Labute approximate surface area is 181 Å². The molecule has 0 aliphatic heterocycles. The highest BCUT2D eigenvalue weighted by Gasteiger charge is 2.62. The summed E-state index contributed by atoms with van der Waals surface area (Å²) < 4.78 is 51.5. The van der Waals surface area contributed by atoms with Gasteiger partial charge in [-0.15, -0.1) is 0 Å². The third-order valence-corrected chi connectivity index (χ3v) is 5.25. The van der Waals surface area contributed by atoms with E-state index < -0.39 is 41.2 Å². The molecule has 1 saturated carbocycles. The molecule has 160 valence electrons. The molecule has 1 aliphatic carbocycles. The van der Waals surface area contributed by atoms with Crippen LogP contribution in [0, 0.1) is 17.3 Å². The number of para-hydroxylation sites is 1. The van der Waals surface area contributed by atoms with Crippen LogP contribution in [0.4, 0.5) is 13.2 Å². The summed E-state index contributed by atoms with van der Waals surface area (Å²) in [5, 5.41) is 0. The highest BCUT2D eigenvalue weighted by atomic mass is 35.5. The second-order valence-corrected chi connectivity index (χ2v) is 8.48. The van der Waals surface area contributed by atoms with Crippen LogP contribution in [0.15, 0.2) is 59.2 Å². The lowest BCUT2D eigenvalue weighted by Crippen LogP contribution is -2.28. The predicted molar refractivity (Wildman–Crippen MR) is 106 cm³/mol. The average Bonchev–Trinajstić information content (AvgIpc) is 3.19. The minimum atomic E-state index is -4.86. The molecule has 1 aromatic carbocycles. The van der Waals surface area contributed by atoms with Crippen LogP contribution in [-0.4, -0.2) is 17.1 Å². The molecule has 0 radical (unpaired) electrons. The first-order valence-electron chi connectivity index (χ1n) is 8.99. The first kappa shape index (κ1) is 22.4. The maximum absolute atomic E-state index is 13.7. The zero-order valence-electron chi connectivity index (χ0n) is 16.0. The normalized spacial score (nSPS) is 20.8. The minimum absolute atomic E-state index is 0.0526. The first-order valence-corrected chi connectivity index (χ1v) is 9.74. The molecule has 1 heterocycles. The molecular weight excluding hydrogens is 442 g/mol. The van der Waals surface area contributed by atoms with Crippen molar-refractivity contribution in [2.24, 2.45) is 17.3 Å². The maximum Gasteiger partial charge on any atom is 0.431 e. The fourth-order valence-corrected chi connectivity index (χ4v) is 3.59. The number of carbonyl (C=O) groups excluding carboxylic acids is 1. The van der Waals surface area contributed by atoms with Crippen LogP contribution in [0.1, 0.15) is 25.6 Å². The van der Waals surface area contributed by atoms with Crippen molar-refractivity contribution in [1.29, 1.82) is 0 Å². The third kappa shape index (κ3) is 5.08. The van der Waals surface area contributed by atoms with Gasteiger partial charge in [0.15, 0.2) is 0 Å². The van der Waals surface area contributed by atoms with Crippen LogP contribution in [0.3, 0.4) is 0 Å². The van der Waals surface area contributed by atoms with Gasteiger partial charge in [-0.2, -0.15) is 13.2 Å². The van der Waals surface area contributed by atoms with Crippen LogP contribution < -0.4 is 4.74 Å². The largest absolute Gasteiger partial charge is 0.457 e. The van der Waals surface area contributed by atoms with Crippen molar-refractivity contribution >= 4 is 29.2 Å². The third-order valence-electron chi connectivity index (χ3n) is 5.00. The van der Waals surface area contributed by atoms with E-state index in [1.165, 1.54) is 18.3 Å². The van der Waals surface area contributed by atoms with E-state index in [-0.39, 0.29) is 10.2 Å². The maximum atomic E-state index is 13.7. The fourth-order valence-electron chi connectivity index (χ4n) is 3.32. The smallest absolute Gasteiger partial charge is 0.431 e. The number of aromatic nitrogens is 1. The van der Waals surface area contributed by atoms with Gasteiger partial charge in [-0.05, 0) is 35.6 Å².